The van der Waals surface area contributed by atoms with Crippen molar-refractivity contribution in [2.24, 2.45) is 5.92 Å². The lowest BCUT2D eigenvalue weighted by Gasteiger charge is -2.27. The van der Waals surface area contributed by atoms with Crippen LogP contribution in [-0.4, -0.2) is 18.4 Å². The second kappa shape index (κ2) is 7.06. The summed E-state index contributed by atoms with van der Waals surface area (Å²) in [5.41, 5.74) is 11.0. The molecule has 0 spiro atoms. The Morgan fingerprint density at radius 2 is 1.96 bits per heavy atom. The zero-order valence-electron chi connectivity index (χ0n) is 15.6. The molecule has 140 valence electrons. The first kappa shape index (κ1) is 17.6. The summed E-state index contributed by atoms with van der Waals surface area (Å²) < 4.78 is 0. The summed E-state index contributed by atoms with van der Waals surface area (Å²) in [7, 11) is 0. The first-order valence-electron chi connectivity index (χ1n) is 9.57. The van der Waals surface area contributed by atoms with E-state index < -0.39 is 0 Å². The lowest BCUT2D eigenvalue weighted by Crippen LogP contribution is -2.36. The molecule has 3 N–H and O–H groups in total. The second-order valence-electron chi connectivity index (χ2n) is 7.65. The highest BCUT2D eigenvalue weighted by molar-refractivity contribution is 6.00. The van der Waals surface area contributed by atoms with Gasteiger partial charge in [0.25, 0.3) is 0 Å². The van der Waals surface area contributed by atoms with E-state index in [9.17, 15) is 9.59 Å². The van der Waals surface area contributed by atoms with Crippen LogP contribution in [0.3, 0.4) is 0 Å². The quantitative estimate of drug-likeness (QED) is 0.823. The van der Waals surface area contributed by atoms with Gasteiger partial charge in [-0.1, -0.05) is 23.8 Å². The van der Waals surface area contributed by atoms with E-state index in [-0.39, 0.29) is 30.2 Å². The molecule has 5 heteroatoms. The Kier molecular flexibility index (Phi) is 4.60. The molecule has 2 aromatic rings. The van der Waals surface area contributed by atoms with Gasteiger partial charge >= 0.3 is 0 Å². The molecule has 27 heavy (non-hydrogen) atoms. The first-order valence-corrected chi connectivity index (χ1v) is 9.57. The van der Waals surface area contributed by atoms with Gasteiger partial charge in [0.05, 0.1) is 12.0 Å². The van der Waals surface area contributed by atoms with Crippen molar-refractivity contribution >= 4 is 23.2 Å². The molecule has 2 atom stereocenters. The number of rotatable bonds is 3. The molecule has 1 aliphatic heterocycles. The maximum Gasteiger partial charge on any atom is 0.227 e. The van der Waals surface area contributed by atoms with Crippen molar-refractivity contribution in [1.82, 2.24) is 5.32 Å². The summed E-state index contributed by atoms with van der Waals surface area (Å²) in [5.74, 6) is -0.332. The van der Waals surface area contributed by atoms with Crippen molar-refractivity contribution in [2.75, 3.05) is 17.2 Å². The number of carbonyl (C=O) groups is 2. The molecule has 1 fully saturated rings. The van der Waals surface area contributed by atoms with Gasteiger partial charge in [-0.3, -0.25) is 9.59 Å². The van der Waals surface area contributed by atoms with Crippen molar-refractivity contribution in [3.8, 4) is 0 Å². The first-order chi connectivity index (χ1) is 13.0. The molecule has 0 saturated carbocycles. The van der Waals surface area contributed by atoms with Gasteiger partial charge in [0, 0.05) is 24.3 Å². The van der Waals surface area contributed by atoms with Gasteiger partial charge in [0.1, 0.15) is 0 Å². The molecule has 1 saturated heterocycles. The Bertz CT molecular complexity index is 876. The Morgan fingerprint density at radius 1 is 1.19 bits per heavy atom. The molecule has 2 amide bonds. The maximum absolute atomic E-state index is 12.9. The lowest BCUT2D eigenvalue weighted by atomic mass is 9.87. The van der Waals surface area contributed by atoms with Crippen molar-refractivity contribution in [3.05, 3.63) is 59.2 Å². The summed E-state index contributed by atoms with van der Waals surface area (Å²) in [6, 6.07) is 13.8. The molecule has 4 rings (SSSR count). The van der Waals surface area contributed by atoms with E-state index in [4.69, 9.17) is 5.73 Å². The molecule has 0 bridgehead atoms. The number of hydrogen-bond acceptors (Lipinski definition) is 3. The topological polar surface area (TPSA) is 75.4 Å². The smallest absolute Gasteiger partial charge is 0.227 e. The number of amides is 2. The zero-order valence-corrected chi connectivity index (χ0v) is 15.6. The summed E-state index contributed by atoms with van der Waals surface area (Å²) in [6.45, 7) is 2.45. The van der Waals surface area contributed by atoms with Crippen LogP contribution >= 0.6 is 0 Å². The van der Waals surface area contributed by atoms with Crippen LogP contribution < -0.4 is 16.0 Å². The van der Waals surface area contributed by atoms with Gasteiger partial charge in [-0.25, -0.2) is 0 Å². The van der Waals surface area contributed by atoms with Crippen LogP contribution in [0.4, 0.5) is 11.4 Å². The summed E-state index contributed by atoms with van der Waals surface area (Å²) in [6.07, 6.45) is 3.21. The molecule has 2 aliphatic rings. The Hall–Kier alpha value is -2.82. The van der Waals surface area contributed by atoms with Crippen LogP contribution in [-0.2, 0) is 16.0 Å². The molecule has 0 aromatic heterocycles. The van der Waals surface area contributed by atoms with Crippen LogP contribution in [0.25, 0.3) is 0 Å². The fraction of sp³-hybridized carbons (Fsp3) is 0.364. The fourth-order valence-corrected chi connectivity index (χ4v) is 4.13. The number of aryl methyl sites for hydroxylation is 2. The minimum absolute atomic E-state index is 0.00498. The number of nitrogens with one attached hydrogen (secondary N) is 1. The molecule has 1 aliphatic carbocycles. The number of hydrogen-bond donors (Lipinski definition) is 2. The molecular formula is C22H25N3O2. The van der Waals surface area contributed by atoms with Crippen LogP contribution in [0.5, 0.6) is 0 Å². The summed E-state index contributed by atoms with van der Waals surface area (Å²) in [4.78, 5) is 27.0. The number of benzene rings is 2. The van der Waals surface area contributed by atoms with Crippen LogP contribution in [0.15, 0.2) is 42.5 Å². The zero-order chi connectivity index (χ0) is 19.0. The average Bonchev–Trinajstić information content (AvgIpc) is 3.04. The largest absolute Gasteiger partial charge is 0.399 e. The van der Waals surface area contributed by atoms with Gasteiger partial charge in [0.15, 0.2) is 0 Å². The van der Waals surface area contributed by atoms with E-state index >= 15 is 0 Å². The van der Waals surface area contributed by atoms with Crippen molar-refractivity contribution < 1.29 is 9.59 Å². The van der Waals surface area contributed by atoms with Gasteiger partial charge in [-0.15, -0.1) is 0 Å². The highest BCUT2D eigenvalue weighted by Crippen LogP contribution is 2.32. The minimum atomic E-state index is -0.307. The van der Waals surface area contributed by atoms with E-state index in [1.54, 1.807) is 4.90 Å². The highest BCUT2D eigenvalue weighted by Gasteiger charge is 2.36. The molecule has 2 aromatic carbocycles. The SMILES string of the molecule is Cc1ccc(N2CC(C(=O)NC3CCCc4cc(N)ccc43)CC2=O)cc1. The molecule has 1 heterocycles. The Morgan fingerprint density at radius 3 is 2.74 bits per heavy atom. The van der Waals surface area contributed by atoms with E-state index in [0.717, 1.165) is 41.8 Å². The number of nitrogen functional groups attached to an aromatic ring is 1. The van der Waals surface area contributed by atoms with E-state index in [1.165, 1.54) is 5.56 Å². The lowest BCUT2D eigenvalue weighted by molar-refractivity contribution is -0.127. The summed E-state index contributed by atoms with van der Waals surface area (Å²) in [5, 5.41) is 3.18. The predicted octanol–water partition coefficient (Wildman–Crippen LogP) is 3.12. The number of nitrogens with two attached hydrogens (primary N) is 1. The number of anilines is 2. The average molecular weight is 363 g/mol. The van der Waals surface area contributed by atoms with Crippen LogP contribution in [0.1, 0.15) is 42.0 Å². The van der Waals surface area contributed by atoms with Crippen LogP contribution in [0, 0.1) is 12.8 Å². The van der Waals surface area contributed by atoms with Gasteiger partial charge in [-0.2, -0.15) is 0 Å². The third-order valence-corrected chi connectivity index (χ3v) is 5.64. The van der Waals surface area contributed by atoms with Crippen molar-refractivity contribution in [3.63, 3.8) is 0 Å². The van der Waals surface area contributed by atoms with E-state index in [2.05, 4.69) is 5.32 Å². The normalized spacial score (nSPS) is 21.8. The molecular weight excluding hydrogens is 338 g/mol. The standard InChI is InChI=1S/C22H25N3O2/c1-14-5-8-18(9-6-14)25-13-16(12-21(25)26)22(27)24-20-4-2-3-15-11-17(23)7-10-19(15)20/h5-11,16,20H,2-4,12-13,23H2,1H3,(H,24,27). The Balaban J connectivity index is 1.45. The van der Waals surface area contributed by atoms with Crippen molar-refractivity contribution in [2.45, 2.75) is 38.6 Å². The number of carbonyl (C=O) groups excluding carboxylic acids is 2. The summed E-state index contributed by atoms with van der Waals surface area (Å²) >= 11 is 0. The fourth-order valence-electron chi connectivity index (χ4n) is 4.13. The molecule has 0 radical (unpaired) electrons. The van der Waals surface area contributed by atoms with Crippen LogP contribution in [0.2, 0.25) is 0 Å². The van der Waals surface area contributed by atoms with Crippen molar-refractivity contribution in [1.29, 1.82) is 0 Å². The monoisotopic (exact) mass is 363 g/mol. The number of nitrogens with zero attached hydrogens (tertiary/aromatic N) is 1. The predicted molar refractivity (Wildman–Crippen MR) is 106 cm³/mol. The van der Waals surface area contributed by atoms with Gasteiger partial charge < -0.3 is 16.0 Å². The third-order valence-electron chi connectivity index (χ3n) is 5.64. The van der Waals surface area contributed by atoms with Gasteiger partial charge in [-0.05, 0) is 61.6 Å². The number of fused-ring (bicyclic) bond motifs is 1. The highest BCUT2D eigenvalue weighted by atomic mass is 16.2. The Labute approximate surface area is 159 Å². The van der Waals surface area contributed by atoms with E-state index in [1.807, 2.05) is 49.4 Å². The maximum atomic E-state index is 12.9. The minimum Gasteiger partial charge on any atom is -0.399 e. The van der Waals surface area contributed by atoms with E-state index in [0.29, 0.717) is 6.54 Å². The third kappa shape index (κ3) is 3.54. The molecule has 2 unspecified atom stereocenters. The van der Waals surface area contributed by atoms with Gasteiger partial charge in [0.2, 0.25) is 11.8 Å². The second-order valence-corrected chi connectivity index (χ2v) is 7.65. The molecule has 5 nitrogen and oxygen atoms in total.